The van der Waals surface area contributed by atoms with Crippen LogP contribution in [0.15, 0.2) is 36.5 Å². The van der Waals surface area contributed by atoms with Gasteiger partial charge in [-0.1, -0.05) is 147 Å². The lowest BCUT2D eigenvalue weighted by molar-refractivity contribution is -0.154. The van der Waals surface area contributed by atoms with Crippen LogP contribution >= 0.6 is 7.82 Å². The molecule has 0 aliphatic rings. The summed E-state index contributed by atoms with van der Waals surface area (Å²) in [7, 11) is -4.28. The predicted molar refractivity (Wildman–Crippen MR) is 210 cm³/mol. The maximum atomic E-state index is 12.5. The Kier molecular flexibility index (Phi) is 37.9. The number of phosphoric ester groups is 1. The van der Waals surface area contributed by atoms with Crippen molar-refractivity contribution in [1.82, 2.24) is 0 Å². The van der Waals surface area contributed by atoms with Gasteiger partial charge in [-0.25, -0.2) is 4.57 Å². The molecular formula is C41H78NO7P. The van der Waals surface area contributed by atoms with Crippen molar-refractivity contribution in [3.8, 4) is 0 Å². The molecule has 9 heteroatoms. The molecule has 294 valence electrons. The van der Waals surface area contributed by atoms with Gasteiger partial charge < -0.3 is 20.1 Å². The summed E-state index contributed by atoms with van der Waals surface area (Å²) in [6.07, 6.45) is 43.0. The number of carbonyl (C=O) groups excluding carboxylic acids is 1. The van der Waals surface area contributed by atoms with Gasteiger partial charge >= 0.3 is 13.8 Å². The molecular weight excluding hydrogens is 649 g/mol. The van der Waals surface area contributed by atoms with E-state index in [0.717, 1.165) is 64.2 Å². The Labute approximate surface area is 308 Å². The highest BCUT2D eigenvalue weighted by Gasteiger charge is 2.25. The van der Waals surface area contributed by atoms with E-state index >= 15 is 0 Å². The number of rotatable bonds is 39. The Balaban J connectivity index is 4.05. The smallest absolute Gasteiger partial charge is 0.457 e. The highest BCUT2D eigenvalue weighted by Crippen LogP contribution is 2.43. The number of allylic oxidation sites excluding steroid dienone is 6. The van der Waals surface area contributed by atoms with E-state index in [2.05, 4.69) is 50.3 Å². The van der Waals surface area contributed by atoms with E-state index < -0.39 is 13.9 Å². The second-order valence-corrected chi connectivity index (χ2v) is 14.9. The number of hydrogen-bond donors (Lipinski definition) is 2. The summed E-state index contributed by atoms with van der Waals surface area (Å²) in [4.78, 5) is 22.4. The highest BCUT2D eigenvalue weighted by molar-refractivity contribution is 7.47. The van der Waals surface area contributed by atoms with Gasteiger partial charge in [-0.15, -0.1) is 0 Å². The van der Waals surface area contributed by atoms with E-state index in [0.29, 0.717) is 13.0 Å². The van der Waals surface area contributed by atoms with E-state index in [-0.39, 0.29) is 32.3 Å². The second-order valence-electron chi connectivity index (χ2n) is 13.5. The maximum Gasteiger partial charge on any atom is 0.472 e. The third-order valence-electron chi connectivity index (χ3n) is 8.51. The van der Waals surface area contributed by atoms with Gasteiger partial charge in [0.15, 0.2) is 0 Å². The molecule has 0 aliphatic heterocycles. The lowest BCUT2D eigenvalue weighted by Crippen LogP contribution is -2.28. The Bertz CT molecular complexity index is 864. The van der Waals surface area contributed by atoms with Crippen molar-refractivity contribution in [2.24, 2.45) is 5.73 Å². The van der Waals surface area contributed by atoms with Gasteiger partial charge in [0.1, 0.15) is 6.10 Å². The zero-order chi connectivity index (χ0) is 36.6. The van der Waals surface area contributed by atoms with Crippen LogP contribution < -0.4 is 5.73 Å². The van der Waals surface area contributed by atoms with Crippen molar-refractivity contribution in [1.29, 1.82) is 0 Å². The fourth-order valence-electron chi connectivity index (χ4n) is 5.50. The van der Waals surface area contributed by atoms with E-state index in [1.54, 1.807) is 0 Å². The normalized spacial score (nSPS) is 13.9. The van der Waals surface area contributed by atoms with Crippen LogP contribution in [0.5, 0.6) is 0 Å². The molecule has 0 amide bonds. The van der Waals surface area contributed by atoms with Crippen molar-refractivity contribution in [3.63, 3.8) is 0 Å². The molecule has 0 bridgehead atoms. The number of nitrogens with two attached hydrogens (primary N) is 1. The summed E-state index contributed by atoms with van der Waals surface area (Å²) in [6.45, 7) is 4.83. The second kappa shape index (κ2) is 38.9. The van der Waals surface area contributed by atoms with Gasteiger partial charge in [0.2, 0.25) is 0 Å². The molecule has 50 heavy (non-hydrogen) atoms. The fourth-order valence-corrected chi connectivity index (χ4v) is 6.26. The van der Waals surface area contributed by atoms with Gasteiger partial charge in [0.25, 0.3) is 0 Å². The molecule has 3 N–H and O–H groups in total. The maximum absolute atomic E-state index is 12.5. The van der Waals surface area contributed by atoms with Gasteiger partial charge in [0.05, 0.1) is 19.8 Å². The Hall–Kier alpha value is -1.28. The molecule has 2 unspecified atom stereocenters. The van der Waals surface area contributed by atoms with Crippen molar-refractivity contribution in [2.75, 3.05) is 33.0 Å². The summed E-state index contributed by atoms with van der Waals surface area (Å²) >= 11 is 0. The zero-order valence-corrected chi connectivity index (χ0v) is 33.3. The van der Waals surface area contributed by atoms with Crippen molar-refractivity contribution >= 4 is 13.8 Å². The lowest BCUT2D eigenvalue weighted by Gasteiger charge is -2.20. The zero-order valence-electron chi connectivity index (χ0n) is 32.4. The molecule has 0 heterocycles. The minimum atomic E-state index is -4.28. The topological polar surface area (TPSA) is 117 Å². The third-order valence-corrected chi connectivity index (χ3v) is 9.49. The number of carbonyl (C=O) groups is 1. The summed E-state index contributed by atoms with van der Waals surface area (Å²) in [5.74, 6) is -0.346. The number of hydrogen-bond acceptors (Lipinski definition) is 7. The van der Waals surface area contributed by atoms with Crippen LogP contribution in [0, 0.1) is 0 Å². The van der Waals surface area contributed by atoms with Gasteiger partial charge in [-0.05, 0) is 64.2 Å². The first-order valence-electron chi connectivity index (χ1n) is 20.5. The summed E-state index contributed by atoms with van der Waals surface area (Å²) in [6, 6.07) is 0. The predicted octanol–water partition coefficient (Wildman–Crippen LogP) is 11.9. The minimum Gasteiger partial charge on any atom is -0.457 e. The first-order valence-corrected chi connectivity index (χ1v) is 22.0. The first kappa shape index (κ1) is 48.7. The lowest BCUT2D eigenvalue weighted by atomic mass is 10.1. The monoisotopic (exact) mass is 728 g/mol. The largest absolute Gasteiger partial charge is 0.472 e. The molecule has 0 saturated carbocycles. The first-order chi connectivity index (χ1) is 24.4. The highest BCUT2D eigenvalue weighted by atomic mass is 31.2. The Morgan fingerprint density at radius 1 is 0.600 bits per heavy atom. The number of esters is 1. The van der Waals surface area contributed by atoms with Crippen LogP contribution in [-0.2, 0) is 27.9 Å². The van der Waals surface area contributed by atoms with E-state index in [1.165, 1.54) is 96.3 Å². The van der Waals surface area contributed by atoms with Crippen LogP contribution in [0.25, 0.3) is 0 Å². The molecule has 0 aromatic rings. The summed E-state index contributed by atoms with van der Waals surface area (Å²) in [5.41, 5.74) is 5.36. The molecule has 8 nitrogen and oxygen atoms in total. The molecule has 0 fully saturated rings. The third kappa shape index (κ3) is 38.0. The SMILES string of the molecule is CCC/C=C\C/C=C\CCCCCCCC(=O)OC(COCCCCCCCCCC/C=C\CCCCCCCC)COP(=O)(O)OCCN. The standard InChI is InChI=1S/C41H78NO7P/c1-3-5-7-9-11-13-15-17-18-19-20-21-23-25-27-29-31-33-36-46-38-40(39-48-50(44,45)47-37-35-42)49-41(43)34-32-30-28-26-24-22-16-14-12-10-8-6-4-2/h8,10,14,16-18,40H,3-7,9,11-13,15,19-39,42H2,1-2H3,(H,44,45)/b10-8-,16-14-,18-17-. The Morgan fingerprint density at radius 2 is 1.10 bits per heavy atom. The van der Waals surface area contributed by atoms with E-state index in [1.807, 2.05) is 0 Å². The van der Waals surface area contributed by atoms with Crippen LogP contribution in [0.3, 0.4) is 0 Å². The van der Waals surface area contributed by atoms with Crippen molar-refractivity contribution in [2.45, 2.75) is 187 Å². The average molecular weight is 728 g/mol. The molecule has 0 aromatic heterocycles. The quantitative estimate of drug-likeness (QED) is 0.0278. The van der Waals surface area contributed by atoms with Crippen LogP contribution in [-0.4, -0.2) is 49.9 Å². The molecule has 0 spiro atoms. The average Bonchev–Trinajstić information content (AvgIpc) is 3.10. The van der Waals surface area contributed by atoms with E-state index in [9.17, 15) is 14.3 Å². The van der Waals surface area contributed by atoms with Gasteiger partial charge in [0, 0.05) is 19.6 Å². The molecule has 0 aromatic carbocycles. The van der Waals surface area contributed by atoms with Crippen molar-refractivity contribution in [3.05, 3.63) is 36.5 Å². The van der Waals surface area contributed by atoms with Crippen LogP contribution in [0.2, 0.25) is 0 Å². The molecule has 0 rings (SSSR count). The van der Waals surface area contributed by atoms with Crippen molar-refractivity contribution < 1.29 is 32.8 Å². The number of ether oxygens (including phenoxy) is 2. The van der Waals surface area contributed by atoms with Gasteiger partial charge in [-0.3, -0.25) is 13.8 Å². The molecule has 0 saturated heterocycles. The molecule has 0 aliphatic carbocycles. The van der Waals surface area contributed by atoms with Gasteiger partial charge in [-0.2, -0.15) is 0 Å². The van der Waals surface area contributed by atoms with E-state index in [4.69, 9.17) is 24.3 Å². The Morgan fingerprint density at radius 3 is 1.66 bits per heavy atom. The minimum absolute atomic E-state index is 0.0971. The summed E-state index contributed by atoms with van der Waals surface area (Å²) in [5, 5.41) is 0. The van der Waals surface area contributed by atoms with Crippen LogP contribution in [0.4, 0.5) is 0 Å². The summed E-state index contributed by atoms with van der Waals surface area (Å²) < 4.78 is 33.3. The fraction of sp³-hybridized carbons (Fsp3) is 0.829. The molecule has 2 atom stereocenters. The van der Waals surface area contributed by atoms with Crippen LogP contribution in [0.1, 0.15) is 181 Å². The number of unbranched alkanes of at least 4 members (excludes halogenated alkanes) is 20. The number of phosphoric acid groups is 1. The molecule has 0 radical (unpaired) electrons.